The summed E-state index contributed by atoms with van der Waals surface area (Å²) >= 11 is 3.30. The average molecular weight is 375 g/mol. The number of halogens is 1. The highest BCUT2D eigenvalue weighted by atomic mass is 79.9. The van der Waals surface area contributed by atoms with Gasteiger partial charge in [-0.1, -0.05) is 15.9 Å². The third kappa shape index (κ3) is 3.84. The molecule has 2 rings (SSSR count). The van der Waals surface area contributed by atoms with Crippen molar-refractivity contribution in [2.75, 3.05) is 13.1 Å². The molecule has 0 radical (unpaired) electrons. The second-order valence-electron chi connectivity index (χ2n) is 5.41. The van der Waals surface area contributed by atoms with Crippen molar-refractivity contribution >= 4 is 31.9 Å². The Bertz CT molecular complexity index is 669. The first-order valence-electron chi connectivity index (χ1n) is 6.86. The van der Waals surface area contributed by atoms with Crippen LogP contribution in [0.15, 0.2) is 21.5 Å². The van der Waals surface area contributed by atoms with Crippen LogP contribution in [0.5, 0.6) is 0 Å². The van der Waals surface area contributed by atoms with Crippen LogP contribution >= 0.6 is 15.9 Å². The molecule has 1 aromatic carbocycles. The number of nitrogens with two attached hydrogens (primary N) is 1. The molecule has 1 aromatic rings. The lowest BCUT2D eigenvalue weighted by Crippen LogP contribution is -2.33. The maximum atomic E-state index is 12.6. The van der Waals surface area contributed by atoms with E-state index < -0.39 is 10.0 Å². The lowest BCUT2D eigenvalue weighted by molar-refractivity contribution is 0.0756. The molecule has 1 aliphatic carbocycles. The van der Waals surface area contributed by atoms with E-state index in [1.165, 1.54) is 6.07 Å². The number of rotatable bonds is 5. The van der Waals surface area contributed by atoms with E-state index in [0.29, 0.717) is 28.1 Å². The lowest BCUT2D eigenvalue weighted by atomic mass is 10.1. The Morgan fingerprint density at radius 1 is 1.43 bits per heavy atom. The molecule has 0 heterocycles. The second-order valence-corrected chi connectivity index (χ2v) is 7.80. The van der Waals surface area contributed by atoms with Crippen molar-refractivity contribution in [2.24, 2.45) is 11.1 Å². The Kier molecular flexibility index (Phi) is 4.75. The molecular formula is C14H19BrN2O3S. The third-order valence-electron chi connectivity index (χ3n) is 3.69. The number of primary sulfonamides is 1. The molecular weight excluding hydrogens is 356 g/mol. The van der Waals surface area contributed by atoms with Gasteiger partial charge in [-0.05, 0) is 50.3 Å². The zero-order chi connectivity index (χ0) is 15.8. The first-order valence-corrected chi connectivity index (χ1v) is 9.20. The van der Waals surface area contributed by atoms with E-state index in [1.807, 2.05) is 6.92 Å². The smallest absolute Gasteiger partial charge is 0.253 e. The van der Waals surface area contributed by atoms with Gasteiger partial charge in [0.25, 0.3) is 5.91 Å². The molecule has 0 saturated heterocycles. The van der Waals surface area contributed by atoms with Crippen LogP contribution in [0.2, 0.25) is 0 Å². The summed E-state index contributed by atoms with van der Waals surface area (Å²) in [7, 11) is -3.86. The maximum absolute atomic E-state index is 12.6. The molecule has 0 bridgehead atoms. The molecule has 116 valence electrons. The highest BCUT2D eigenvalue weighted by Crippen LogP contribution is 2.31. The lowest BCUT2D eigenvalue weighted by Gasteiger charge is -2.21. The van der Waals surface area contributed by atoms with E-state index in [9.17, 15) is 13.2 Å². The number of hydrogen-bond donors (Lipinski definition) is 1. The highest BCUT2D eigenvalue weighted by molar-refractivity contribution is 9.10. The van der Waals surface area contributed by atoms with Crippen molar-refractivity contribution in [3.8, 4) is 0 Å². The van der Waals surface area contributed by atoms with Gasteiger partial charge in [0.05, 0.1) is 4.90 Å². The molecule has 1 saturated carbocycles. The number of benzene rings is 1. The van der Waals surface area contributed by atoms with Gasteiger partial charge in [-0.25, -0.2) is 13.6 Å². The zero-order valence-electron chi connectivity index (χ0n) is 12.1. The van der Waals surface area contributed by atoms with Crippen molar-refractivity contribution in [2.45, 2.75) is 31.6 Å². The number of nitrogens with zero attached hydrogens (tertiary/aromatic N) is 1. The van der Waals surface area contributed by atoms with E-state index in [-0.39, 0.29) is 10.8 Å². The summed E-state index contributed by atoms with van der Waals surface area (Å²) < 4.78 is 23.8. The molecule has 1 aliphatic rings. The number of carbonyl (C=O) groups is 1. The van der Waals surface area contributed by atoms with Gasteiger partial charge in [-0.2, -0.15) is 0 Å². The monoisotopic (exact) mass is 374 g/mol. The summed E-state index contributed by atoms with van der Waals surface area (Å²) in [6.07, 6.45) is 2.31. The van der Waals surface area contributed by atoms with Crippen molar-refractivity contribution in [3.63, 3.8) is 0 Å². The molecule has 5 nitrogen and oxygen atoms in total. The van der Waals surface area contributed by atoms with Crippen LogP contribution in [-0.4, -0.2) is 32.3 Å². The van der Waals surface area contributed by atoms with Gasteiger partial charge in [0.1, 0.15) is 0 Å². The molecule has 21 heavy (non-hydrogen) atoms. The minimum Gasteiger partial charge on any atom is -0.339 e. The number of amides is 1. The molecule has 0 atom stereocenters. The Balaban J connectivity index is 2.38. The Morgan fingerprint density at radius 3 is 2.52 bits per heavy atom. The predicted octanol–water partition coefficient (Wildman–Crippen LogP) is 2.28. The van der Waals surface area contributed by atoms with Crippen LogP contribution in [0.1, 0.15) is 35.7 Å². The Hall–Kier alpha value is -0.920. The van der Waals surface area contributed by atoms with Crippen LogP contribution in [-0.2, 0) is 10.0 Å². The van der Waals surface area contributed by atoms with E-state index in [0.717, 1.165) is 19.4 Å². The van der Waals surface area contributed by atoms with Gasteiger partial charge in [-0.3, -0.25) is 4.79 Å². The zero-order valence-corrected chi connectivity index (χ0v) is 14.5. The average Bonchev–Trinajstić information content (AvgIpc) is 3.20. The molecule has 2 N–H and O–H groups in total. The Labute approximate surface area is 133 Å². The maximum Gasteiger partial charge on any atom is 0.253 e. The van der Waals surface area contributed by atoms with E-state index >= 15 is 0 Å². The minimum atomic E-state index is -3.86. The van der Waals surface area contributed by atoms with E-state index in [4.69, 9.17) is 5.14 Å². The first kappa shape index (κ1) is 16.5. The standard InChI is InChI=1S/C14H19BrN2O3S/c1-3-17(8-10-4-5-10)14(18)11-6-12(15)9(2)13(7-11)21(16,19)20/h6-7,10H,3-5,8H2,1-2H3,(H2,16,19,20). The van der Waals surface area contributed by atoms with E-state index in [2.05, 4.69) is 15.9 Å². The largest absolute Gasteiger partial charge is 0.339 e. The van der Waals surface area contributed by atoms with Crippen LogP contribution in [0, 0.1) is 12.8 Å². The number of carbonyl (C=O) groups excluding carboxylic acids is 1. The van der Waals surface area contributed by atoms with Gasteiger partial charge in [0.2, 0.25) is 10.0 Å². The summed E-state index contributed by atoms with van der Waals surface area (Å²) in [5, 5.41) is 5.22. The number of hydrogen-bond acceptors (Lipinski definition) is 3. The first-order chi connectivity index (χ1) is 9.74. The summed E-state index contributed by atoms with van der Waals surface area (Å²) in [5.74, 6) is 0.426. The SMILES string of the molecule is CCN(CC1CC1)C(=O)c1cc(Br)c(C)c(S(N)(=O)=O)c1. The highest BCUT2D eigenvalue weighted by Gasteiger charge is 2.27. The second kappa shape index (κ2) is 6.06. The fourth-order valence-electron chi connectivity index (χ4n) is 2.22. The minimum absolute atomic E-state index is 0.0114. The quantitative estimate of drug-likeness (QED) is 0.857. The molecule has 7 heteroatoms. The fourth-order valence-corrected chi connectivity index (χ4v) is 3.64. The van der Waals surface area contributed by atoms with Gasteiger partial charge in [-0.15, -0.1) is 0 Å². The fraction of sp³-hybridized carbons (Fsp3) is 0.500. The van der Waals surface area contributed by atoms with Crippen LogP contribution < -0.4 is 5.14 Å². The van der Waals surface area contributed by atoms with Gasteiger partial charge in [0, 0.05) is 23.1 Å². The topological polar surface area (TPSA) is 80.5 Å². The van der Waals surface area contributed by atoms with Crippen molar-refractivity contribution in [1.29, 1.82) is 0 Å². The van der Waals surface area contributed by atoms with Crippen LogP contribution in [0.4, 0.5) is 0 Å². The summed E-state index contributed by atoms with van der Waals surface area (Å²) in [4.78, 5) is 14.3. The summed E-state index contributed by atoms with van der Waals surface area (Å²) in [6, 6.07) is 3.02. The number of sulfonamides is 1. The summed E-state index contributed by atoms with van der Waals surface area (Å²) in [5.41, 5.74) is 0.860. The molecule has 0 aliphatic heterocycles. The predicted molar refractivity (Wildman–Crippen MR) is 84.6 cm³/mol. The normalized spacial score (nSPS) is 15.0. The molecule has 0 aromatic heterocycles. The Morgan fingerprint density at radius 2 is 2.05 bits per heavy atom. The third-order valence-corrected chi connectivity index (χ3v) is 5.56. The van der Waals surface area contributed by atoms with Crippen molar-refractivity contribution < 1.29 is 13.2 Å². The van der Waals surface area contributed by atoms with Crippen molar-refractivity contribution in [1.82, 2.24) is 4.90 Å². The molecule has 0 spiro atoms. The van der Waals surface area contributed by atoms with Crippen LogP contribution in [0.25, 0.3) is 0 Å². The van der Waals surface area contributed by atoms with Crippen LogP contribution in [0.3, 0.4) is 0 Å². The van der Waals surface area contributed by atoms with Gasteiger partial charge >= 0.3 is 0 Å². The molecule has 1 amide bonds. The molecule has 0 unspecified atom stereocenters. The van der Waals surface area contributed by atoms with Gasteiger partial charge < -0.3 is 4.90 Å². The molecule has 1 fully saturated rings. The van der Waals surface area contributed by atoms with E-state index in [1.54, 1.807) is 17.9 Å². The van der Waals surface area contributed by atoms with Crippen molar-refractivity contribution in [3.05, 3.63) is 27.7 Å². The summed E-state index contributed by atoms with van der Waals surface area (Å²) in [6.45, 7) is 4.90. The van der Waals surface area contributed by atoms with Gasteiger partial charge in [0.15, 0.2) is 0 Å².